The highest BCUT2D eigenvalue weighted by molar-refractivity contribution is 6.52. The number of fused-ring (bicyclic) bond motifs is 3. The smallest absolute Gasteiger partial charge is 0.341 e. The molecule has 0 bridgehead atoms. The van der Waals surface area contributed by atoms with Crippen LogP contribution in [0, 0.1) is 0 Å². The number of hydrogen-bond acceptors (Lipinski definition) is 4. The van der Waals surface area contributed by atoms with Crippen LogP contribution in [0.2, 0.25) is 0 Å². The summed E-state index contributed by atoms with van der Waals surface area (Å²) in [7, 11) is 5.76. The summed E-state index contributed by atoms with van der Waals surface area (Å²) in [6.45, 7) is 0. The van der Waals surface area contributed by atoms with Crippen molar-refractivity contribution < 1.29 is 18.4 Å². The van der Waals surface area contributed by atoms with Crippen molar-refractivity contribution in [1.82, 2.24) is 0 Å². The normalized spacial score (nSPS) is 14.2. The minimum absolute atomic E-state index is 0.163. The number of rotatable bonds is 2. The third-order valence-corrected chi connectivity index (χ3v) is 4.56. The molecule has 3 aromatic carbocycles. The van der Waals surface area contributed by atoms with Crippen molar-refractivity contribution >= 4 is 59.8 Å². The number of hydrogen-bond donors (Lipinski definition) is 0. The average molecular weight is 344 g/mol. The minimum Gasteiger partial charge on any atom is -0.537 e. The van der Waals surface area contributed by atoms with Gasteiger partial charge in [0.2, 0.25) is 5.78 Å². The Morgan fingerprint density at radius 3 is 1.71 bits per heavy atom. The van der Waals surface area contributed by atoms with Gasteiger partial charge in [0.25, 0.3) is 5.78 Å². The number of carbonyl (C=O) groups is 2. The Balaban J connectivity index is 2.09. The summed E-state index contributed by atoms with van der Waals surface area (Å²) < 4.78 is 10.0. The molecule has 4 nitrogen and oxygen atoms in total. The van der Waals surface area contributed by atoms with Gasteiger partial charge in [-0.2, -0.15) is 0 Å². The number of Topliss-reactive ketones (excluding diaryl/α,β-unsaturated/α-hetero) is 2. The van der Waals surface area contributed by atoms with Crippen LogP contribution in [-0.4, -0.2) is 32.5 Å². The third kappa shape index (κ3) is 2.04. The Morgan fingerprint density at radius 1 is 0.625 bits per heavy atom. The van der Waals surface area contributed by atoms with Crippen molar-refractivity contribution in [2.24, 2.45) is 0 Å². The van der Waals surface area contributed by atoms with E-state index in [0.717, 1.165) is 21.5 Å². The largest absolute Gasteiger partial charge is 0.537 e. The molecule has 1 aliphatic carbocycles. The lowest BCUT2D eigenvalue weighted by Gasteiger charge is -2.20. The fraction of sp³-hybridized carbons (Fsp3) is 0. The molecule has 24 heavy (non-hydrogen) atoms. The van der Waals surface area contributed by atoms with Crippen LogP contribution in [0.4, 0.5) is 0 Å². The van der Waals surface area contributed by atoms with E-state index in [1.54, 1.807) is 6.07 Å². The van der Waals surface area contributed by atoms with Gasteiger partial charge in [-0.3, -0.25) is 9.59 Å². The zero-order valence-electron chi connectivity index (χ0n) is 12.3. The van der Waals surface area contributed by atoms with Crippen LogP contribution in [0.15, 0.2) is 54.3 Å². The second kappa shape index (κ2) is 5.43. The first kappa shape index (κ1) is 14.9. The molecule has 0 saturated heterocycles. The van der Waals surface area contributed by atoms with Gasteiger partial charge in [0, 0.05) is 11.1 Å². The SMILES string of the molecule is O=C1C(=O)c2cc3cc4ccccc4cc3cc2C(O[Si])=C1O[Si]. The van der Waals surface area contributed by atoms with Crippen LogP contribution in [-0.2, 0) is 13.6 Å². The maximum atomic E-state index is 12.4. The predicted molar refractivity (Wildman–Crippen MR) is 91.4 cm³/mol. The number of ketones is 2. The van der Waals surface area contributed by atoms with E-state index in [-0.39, 0.29) is 11.5 Å². The molecule has 4 rings (SSSR count). The van der Waals surface area contributed by atoms with Crippen molar-refractivity contribution in [3.8, 4) is 0 Å². The van der Waals surface area contributed by atoms with Gasteiger partial charge < -0.3 is 8.85 Å². The molecule has 0 N–H and O–H groups in total. The lowest BCUT2D eigenvalue weighted by atomic mass is 9.89. The molecular weight excluding hydrogens is 336 g/mol. The monoisotopic (exact) mass is 344 g/mol. The standard InChI is InChI=1S/C18H8O4Si2/c19-15-13-7-11-5-9-3-1-2-4-10(9)6-12(11)8-14(13)17(21-23)18(22-24)16(15)20/h1-8H. The van der Waals surface area contributed by atoms with Gasteiger partial charge in [-0.25, -0.2) is 0 Å². The Morgan fingerprint density at radius 2 is 1.17 bits per heavy atom. The molecule has 6 heteroatoms. The van der Waals surface area contributed by atoms with Crippen LogP contribution in [0.1, 0.15) is 15.9 Å². The van der Waals surface area contributed by atoms with Gasteiger partial charge in [0.15, 0.2) is 11.5 Å². The fourth-order valence-corrected chi connectivity index (χ4v) is 3.40. The number of carbonyl (C=O) groups excluding carboxylic acids is 2. The van der Waals surface area contributed by atoms with Crippen molar-refractivity contribution in [1.29, 1.82) is 0 Å². The van der Waals surface area contributed by atoms with Gasteiger partial charge >= 0.3 is 21.0 Å². The first-order valence-corrected chi connectivity index (χ1v) is 7.93. The van der Waals surface area contributed by atoms with E-state index in [1.807, 2.05) is 42.5 Å². The topological polar surface area (TPSA) is 52.6 Å². The van der Waals surface area contributed by atoms with E-state index < -0.39 is 11.6 Å². The summed E-state index contributed by atoms with van der Waals surface area (Å²) in [5.41, 5.74) is 0.800. The van der Waals surface area contributed by atoms with Crippen LogP contribution in [0.3, 0.4) is 0 Å². The summed E-state index contributed by atoms with van der Waals surface area (Å²) in [6, 6.07) is 15.5. The summed E-state index contributed by atoms with van der Waals surface area (Å²) in [6.07, 6.45) is 0. The molecular formula is C18H8O4Si2. The van der Waals surface area contributed by atoms with Crippen LogP contribution < -0.4 is 0 Å². The molecule has 0 fully saturated rings. The average Bonchev–Trinajstić information content (AvgIpc) is 2.61. The Hall–Kier alpha value is -2.71. The molecule has 0 saturated carbocycles. The number of benzene rings is 3. The highest BCUT2D eigenvalue weighted by Gasteiger charge is 2.34. The second-order valence-electron chi connectivity index (χ2n) is 5.46. The highest BCUT2D eigenvalue weighted by Crippen LogP contribution is 2.34. The van der Waals surface area contributed by atoms with Gasteiger partial charge in [-0.05, 0) is 45.8 Å². The summed E-state index contributed by atoms with van der Waals surface area (Å²) in [5.74, 6) is -1.40. The van der Waals surface area contributed by atoms with Crippen LogP contribution >= 0.6 is 0 Å². The van der Waals surface area contributed by atoms with Gasteiger partial charge in [-0.15, -0.1) is 0 Å². The zero-order valence-corrected chi connectivity index (χ0v) is 14.3. The third-order valence-electron chi connectivity index (χ3n) is 4.15. The van der Waals surface area contributed by atoms with E-state index in [0.29, 0.717) is 11.1 Å². The predicted octanol–water partition coefficient (Wildman–Crippen LogP) is 2.63. The Kier molecular flexibility index (Phi) is 3.36. The number of allylic oxidation sites excluding steroid dienone is 1. The van der Waals surface area contributed by atoms with Crippen LogP contribution in [0.25, 0.3) is 27.3 Å². The summed E-state index contributed by atoms with van der Waals surface area (Å²) in [4.78, 5) is 24.6. The molecule has 1 aliphatic rings. The van der Waals surface area contributed by atoms with Crippen molar-refractivity contribution in [3.63, 3.8) is 0 Å². The maximum absolute atomic E-state index is 12.4. The van der Waals surface area contributed by atoms with E-state index >= 15 is 0 Å². The summed E-state index contributed by atoms with van der Waals surface area (Å²) in [5, 5.41) is 3.97. The van der Waals surface area contributed by atoms with E-state index in [9.17, 15) is 9.59 Å². The van der Waals surface area contributed by atoms with Gasteiger partial charge in [0.1, 0.15) is 0 Å². The Labute approximate surface area is 144 Å². The molecule has 0 aliphatic heterocycles. The van der Waals surface area contributed by atoms with Gasteiger partial charge in [-0.1, -0.05) is 24.3 Å². The fourth-order valence-electron chi connectivity index (χ4n) is 3.01. The van der Waals surface area contributed by atoms with Crippen LogP contribution in [0.5, 0.6) is 0 Å². The first-order valence-electron chi connectivity index (χ1n) is 7.11. The molecule has 0 heterocycles. The molecule has 0 unspecified atom stereocenters. The second-order valence-corrected chi connectivity index (χ2v) is 5.87. The molecule has 0 aromatic heterocycles. The lowest BCUT2D eigenvalue weighted by Crippen LogP contribution is -2.25. The van der Waals surface area contributed by atoms with E-state index in [2.05, 4.69) is 21.0 Å². The van der Waals surface area contributed by atoms with Crippen molar-refractivity contribution in [3.05, 3.63) is 65.4 Å². The lowest BCUT2D eigenvalue weighted by molar-refractivity contribution is -0.113. The first-order chi connectivity index (χ1) is 11.6. The molecule has 0 spiro atoms. The molecule has 3 aromatic rings. The molecule has 0 amide bonds. The van der Waals surface area contributed by atoms with Crippen molar-refractivity contribution in [2.45, 2.75) is 0 Å². The molecule has 112 valence electrons. The highest BCUT2D eigenvalue weighted by atomic mass is 28.2. The quantitative estimate of drug-likeness (QED) is 0.407. The van der Waals surface area contributed by atoms with E-state index in [4.69, 9.17) is 8.85 Å². The maximum Gasteiger partial charge on any atom is 0.341 e. The Bertz CT molecular complexity index is 1070. The molecule has 0 atom stereocenters. The summed E-state index contributed by atoms with van der Waals surface area (Å²) >= 11 is 0. The molecule has 6 radical (unpaired) electrons. The minimum atomic E-state index is -0.758. The van der Waals surface area contributed by atoms with E-state index in [1.165, 1.54) is 0 Å². The van der Waals surface area contributed by atoms with Crippen molar-refractivity contribution in [2.75, 3.05) is 0 Å². The zero-order chi connectivity index (χ0) is 16.8. The van der Waals surface area contributed by atoms with Gasteiger partial charge in [0.05, 0.1) is 0 Å².